The van der Waals surface area contributed by atoms with Gasteiger partial charge in [0.2, 0.25) is 10.0 Å². The number of hydrogen-bond acceptors (Lipinski definition) is 6. The topological polar surface area (TPSA) is 73.8 Å². The van der Waals surface area contributed by atoms with Crippen molar-refractivity contribution in [3.8, 4) is 0 Å². The van der Waals surface area contributed by atoms with Gasteiger partial charge in [0.15, 0.2) is 5.13 Å². The van der Waals surface area contributed by atoms with Gasteiger partial charge < -0.3 is 4.90 Å². The highest BCUT2D eigenvalue weighted by Crippen LogP contribution is 2.33. The maximum atomic E-state index is 13.8. The Morgan fingerprint density at radius 2 is 1.78 bits per heavy atom. The molecule has 1 amide bonds. The van der Waals surface area contributed by atoms with E-state index in [-0.39, 0.29) is 16.8 Å². The molecule has 9 heteroatoms. The van der Waals surface area contributed by atoms with Gasteiger partial charge in [-0.1, -0.05) is 37.7 Å². The minimum Gasteiger partial charge on any atom is -0.302 e. The lowest BCUT2D eigenvalue weighted by Gasteiger charge is -2.32. The monoisotopic (exact) mass is 542 g/mol. The van der Waals surface area contributed by atoms with Crippen LogP contribution in [0.1, 0.15) is 61.5 Å². The van der Waals surface area contributed by atoms with Crippen LogP contribution in [0.4, 0.5) is 5.13 Å². The van der Waals surface area contributed by atoms with Crippen molar-refractivity contribution < 1.29 is 13.2 Å². The van der Waals surface area contributed by atoms with Crippen LogP contribution < -0.4 is 4.90 Å². The summed E-state index contributed by atoms with van der Waals surface area (Å²) in [6.45, 7) is 13.9. The van der Waals surface area contributed by atoms with E-state index >= 15 is 0 Å². The zero-order valence-electron chi connectivity index (χ0n) is 22.5. The summed E-state index contributed by atoms with van der Waals surface area (Å²) in [6.07, 6.45) is 2.80. The van der Waals surface area contributed by atoms with E-state index in [1.165, 1.54) is 16.9 Å². The normalized spacial score (nSPS) is 17.0. The first-order valence-electron chi connectivity index (χ1n) is 13.2. The van der Waals surface area contributed by atoms with Gasteiger partial charge in [0.25, 0.3) is 5.91 Å². The number of sulfonamides is 1. The van der Waals surface area contributed by atoms with Crippen molar-refractivity contribution in [1.29, 1.82) is 0 Å². The number of fused-ring (bicyclic) bond motifs is 1. The second-order valence-electron chi connectivity index (χ2n) is 9.89. The molecule has 2 heterocycles. The molecule has 7 nitrogen and oxygen atoms in total. The molecule has 0 bridgehead atoms. The first kappa shape index (κ1) is 27.7. The Hall–Kier alpha value is -2.33. The first-order valence-corrected chi connectivity index (χ1v) is 15.4. The van der Waals surface area contributed by atoms with Crippen LogP contribution >= 0.6 is 11.3 Å². The van der Waals surface area contributed by atoms with Crippen LogP contribution in [0.3, 0.4) is 0 Å². The summed E-state index contributed by atoms with van der Waals surface area (Å²) in [5.41, 5.74) is 3.64. The predicted molar refractivity (Wildman–Crippen MR) is 152 cm³/mol. The number of amides is 1. The van der Waals surface area contributed by atoms with E-state index in [1.54, 1.807) is 33.5 Å². The van der Waals surface area contributed by atoms with Gasteiger partial charge in [0.1, 0.15) is 0 Å². The molecule has 1 aromatic heterocycles. The van der Waals surface area contributed by atoms with Gasteiger partial charge in [0.05, 0.1) is 15.1 Å². The minimum absolute atomic E-state index is 0.0123. The smallest absolute Gasteiger partial charge is 0.260 e. The van der Waals surface area contributed by atoms with E-state index in [4.69, 9.17) is 4.98 Å². The van der Waals surface area contributed by atoms with E-state index in [9.17, 15) is 13.2 Å². The largest absolute Gasteiger partial charge is 0.302 e. The first-order chi connectivity index (χ1) is 17.6. The molecule has 4 rings (SSSR count). The van der Waals surface area contributed by atoms with Gasteiger partial charge >= 0.3 is 0 Å². The molecule has 0 N–H and O–H groups in total. The van der Waals surface area contributed by atoms with Crippen molar-refractivity contribution in [2.45, 2.75) is 64.8 Å². The fraction of sp³-hybridized carbons (Fsp3) is 0.500. The van der Waals surface area contributed by atoms with Crippen LogP contribution in [0.15, 0.2) is 41.3 Å². The molecule has 1 aliphatic heterocycles. The maximum absolute atomic E-state index is 13.8. The fourth-order valence-corrected chi connectivity index (χ4v) is 7.89. The summed E-state index contributed by atoms with van der Waals surface area (Å²) >= 11 is 1.52. The van der Waals surface area contributed by atoms with Crippen molar-refractivity contribution in [3.63, 3.8) is 0 Å². The number of piperidine rings is 1. The minimum atomic E-state index is -3.59. The van der Waals surface area contributed by atoms with Crippen LogP contribution in [-0.4, -0.2) is 67.3 Å². The Labute approximate surface area is 225 Å². The summed E-state index contributed by atoms with van der Waals surface area (Å²) in [5.74, 6) is -0.170. The third-order valence-electron chi connectivity index (χ3n) is 7.28. The van der Waals surface area contributed by atoms with Crippen LogP contribution in [-0.2, 0) is 10.0 Å². The van der Waals surface area contributed by atoms with Crippen molar-refractivity contribution in [1.82, 2.24) is 14.2 Å². The van der Waals surface area contributed by atoms with Crippen molar-refractivity contribution >= 4 is 42.6 Å². The highest BCUT2D eigenvalue weighted by Gasteiger charge is 2.31. The highest BCUT2D eigenvalue weighted by atomic mass is 32.2. The summed E-state index contributed by atoms with van der Waals surface area (Å²) in [5, 5.41) is 0.666. The second-order valence-corrected chi connectivity index (χ2v) is 12.8. The number of hydrogen-bond donors (Lipinski definition) is 0. The Morgan fingerprint density at radius 3 is 2.43 bits per heavy atom. The number of anilines is 1. The molecule has 0 spiro atoms. The fourth-order valence-electron chi connectivity index (χ4n) is 5.03. The number of carbonyl (C=O) groups excluding carboxylic acids is 1. The lowest BCUT2D eigenvalue weighted by molar-refractivity contribution is 0.0983. The van der Waals surface area contributed by atoms with E-state index in [0.717, 1.165) is 54.7 Å². The molecule has 1 unspecified atom stereocenters. The molecule has 2 aromatic carbocycles. The molecule has 0 aliphatic carbocycles. The van der Waals surface area contributed by atoms with Gasteiger partial charge in [-0.15, -0.1) is 0 Å². The zero-order valence-corrected chi connectivity index (χ0v) is 24.2. The number of carbonyl (C=O) groups is 1. The van der Waals surface area contributed by atoms with E-state index in [1.807, 2.05) is 13.8 Å². The lowest BCUT2D eigenvalue weighted by Crippen LogP contribution is -2.42. The Bertz CT molecular complexity index is 1350. The predicted octanol–water partition coefficient (Wildman–Crippen LogP) is 5.46. The number of aryl methyl sites for hydroxylation is 2. The molecular formula is C28H38N4O3S2. The van der Waals surface area contributed by atoms with Gasteiger partial charge in [-0.25, -0.2) is 13.4 Å². The van der Waals surface area contributed by atoms with E-state index in [0.29, 0.717) is 23.8 Å². The van der Waals surface area contributed by atoms with Crippen LogP contribution in [0, 0.1) is 13.8 Å². The molecule has 0 saturated carbocycles. The van der Waals surface area contributed by atoms with E-state index in [2.05, 4.69) is 37.8 Å². The summed E-state index contributed by atoms with van der Waals surface area (Å²) < 4.78 is 29.2. The summed E-state index contributed by atoms with van der Waals surface area (Å²) in [4.78, 5) is 22.9. The maximum Gasteiger partial charge on any atom is 0.260 e. The number of rotatable bonds is 9. The van der Waals surface area contributed by atoms with Crippen molar-refractivity contribution in [2.75, 3.05) is 37.6 Å². The molecule has 1 atom stereocenters. The molecule has 1 fully saturated rings. The van der Waals surface area contributed by atoms with Crippen molar-refractivity contribution in [3.05, 3.63) is 53.1 Å². The molecule has 0 radical (unpaired) electrons. The Morgan fingerprint density at radius 1 is 1.08 bits per heavy atom. The Balaban J connectivity index is 1.64. The zero-order chi connectivity index (χ0) is 26.7. The summed E-state index contributed by atoms with van der Waals surface area (Å²) in [6, 6.07) is 10.6. The molecule has 3 aromatic rings. The lowest BCUT2D eigenvalue weighted by atomic mass is 10.1. The van der Waals surface area contributed by atoms with E-state index < -0.39 is 10.0 Å². The molecule has 1 aliphatic rings. The average Bonchev–Trinajstić information content (AvgIpc) is 3.30. The average molecular weight is 543 g/mol. The standard InChI is InChI=1S/C28H38N4O3S2/c1-6-30(7-2)16-17-31(28-29-26-21(4)18-20(3)19-25(26)36-28)27(33)23-11-13-24(14-12-23)37(34,35)32-15-9-8-10-22(32)5/h11-14,18-19,22H,6-10,15-17H2,1-5H3. The third-order valence-corrected chi connectivity index (χ3v) is 10.3. The second kappa shape index (κ2) is 11.6. The van der Waals surface area contributed by atoms with Crippen molar-refractivity contribution in [2.24, 2.45) is 0 Å². The van der Waals surface area contributed by atoms with Gasteiger partial charge in [-0.2, -0.15) is 4.31 Å². The molecule has 200 valence electrons. The number of aromatic nitrogens is 1. The summed E-state index contributed by atoms with van der Waals surface area (Å²) in [7, 11) is -3.59. The van der Waals surface area contributed by atoms with Crippen LogP contribution in [0.5, 0.6) is 0 Å². The number of nitrogens with zero attached hydrogens (tertiary/aromatic N) is 4. The number of likely N-dealkylation sites (N-methyl/N-ethyl adjacent to an activating group) is 1. The molecular weight excluding hydrogens is 504 g/mol. The van der Waals surface area contributed by atoms with Crippen LogP contribution in [0.25, 0.3) is 10.2 Å². The number of thiazole rings is 1. The van der Waals surface area contributed by atoms with Gasteiger partial charge in [-0.05, 0) is 88.2 Å². The Kier molecular flexibility index (Phi) is 8.68. The number of benzene rings is 2. The molecule has 37 heavy (non-hydrogen) atoms. The molecule has 1 saturated heterocycles. The van der Waals surface area contributed by atoms with Crippen LogP contribution in [0.2, 0.25) is 0 Å². The third kappa shape index (κ3) is 5.90. The van der Waals surface area contributed by atoms with Gasteiger partial charge in [0, 0.05) is 31.2 Å². The highest BCUT2D eigenvalue weighted by molar-refractivity contribution is 7.89. The van der Waals surface area contributed by atoms with Gasteiger partial charge in [-0.3, -0.25) is 9.69 Å². The quantitative estimate of drug-likeness (QED) is 0.359. The SMILES string of the molecule is CCN(CC)CCN(C(=O)c1ccc(S(=O)(=O)N2CCCCC2C)cc1)c1nc2c(C)cc(C)cc2s1.